The average Bonchev–Trinajstić information content (AvgIpc) is 3.06. The van der Waals surface area contributed by atoms with Crippen LogP contribution in [0, 0.1) is 0 Å². The molecule has 2 aromatic rings. The summed E-state index contributed by atoms with van der Waals surface area (Å²) in [6, 6.07) is 6.61. The number of benzene rings is 1. The highest BCUT2D eigenvalue weighted by Crippen LogP contribution is 2.29. The van der Waals surface area contributed by atoms with E-state index in [2.05, 4.69) is 15.6 Å². The molecule has 0 unspecified atom stereocenters. The van der Waals surface area contributed by atoms with Crippen LogP contribution in [-0.2, 0) is 22.5 Å². The van der Waals surface area contributed by atoms with Gasteiger partial charge in [-0.05, 0) is 32.9 Å². The Morgan fingerprint density at radius 2 is 2.00 bits per heavy atom. The van der Waals surface area contributed by atoms with Crippen molar-refractivity contribution in [1.29, 1.82) is 0 Å². The topological polar surface area (TPSA) is 101 Å². The van der Waals surface area contributed by atoms with E-state index in [1.54, 1.807) is 29.2 Å². The Balaban J connectivity index is 1.54. The van der Waals surface area contributed by atoms with Crippen molar-refractivity contribution in [3.8, 4) is 0 Å². The molecule has 0 saturated heterocycles. The van der Waals surface area contributed by atoms with E-state index in [1.165, 1.54) is 11.3 Å². The summed E-state index contributed by atoms with van der Waals surface area (Å²) in [5.41, 5.74) is 0.604. The minimum absolute atomic E-state index is 0.210. The summed E-state index contributed by atoms with van der Waals surface area (Å²) in [4.78, 5) is 43.6. The van der Waals surface area contributed by atoms with E-state index in [1.807, 2.05) is 20.8 Å². The van der Waals surface area contributed by atoms with Gasteiger partial charge in [-0.15, -0.1) is 0 Å². The maximum Gasteiger partial charge on any atom is 0.410 e. The molecule has 2 heterocycles. The summed E-state index contributed by atoms with van der Waals surface area (Å²) < 4.78 is 5.41. The van der Waals surface area contributed by atoms with E-state index in [0.717, 1.165) is 10.6 Å². The Labute approximate surface area is 183 Å². The van der Waals surface area contributed by atoms with Crippen LogP contribution in [0.5, 0.6) is 0 Å². The fourth-order valence-corrected chi connectivity index (χ4v) is 4.06. The summed E-state index contributed by atoms with van der Waals surface area (Å²) in [5, 5.41) is 5.98. The van der Waals surface area contributed by atoms with E-state index in [0.29, 0.717) is 35.2 Å². The fraction of sp³-hybridized carbons (Fsp3) is 0.400. The third-order valence-corrected chi connectivity index (χ3v) is 5.48. The smallest absolute Gasteiger partial charge is 0.410 e. The van der Waals surface area contributed by atoms with Gasteiger partial charge in [0, 0.05) is 17.8 Å². The summed E-state index contributed by atoms with van der Waals surface area (Å²) in [6.45, 7) is 6.16. The van der Waals surface area contributed by atoms with Crippen LogP contribution in [0.4, 0.5) is 9.93 Å². The first-order valence-corrected chi connectivity index (χ1v) is 10.6. The maximum absolute atomic E-state index is 12.3. The molecule has 3 rings (SSSR count). The molecule has 0 atom stereocenters. The van der Waals surface area contributed by atoms with E-state index >= 15 is 0 Å². The van der Waals surface area contributed by atoms with Crippen molar-refractivity contribution in [2.75, 3.05) is 18.4 Å². The second-order valence-electron chi connectivity index (χ2n) is 7.75. The van der Waals surface area contributed by atoms with Crippen molar-refractivity contribution >= 4 is 46.0 Å². The van der Waals surface area contributed by atoms with Crippen molar-refractivity contribution < 1.29 is 19.1 Å². The van der Waals surface area contributed by atoms with Crippen LogP contribution < -0.4 is 10.6 Å². The maximum atomic E-state index is 12.3. The molecule has 1 aliphatic heterocycles. The summed E-state index contributed by atoms with van der Waals surface area (Å²) in [5.74, 6) is -0.826. The molecule has 0 saturated carbocycles. The Morgan fingerprint density at radius 3 is 2.70 bits per heavy atom. The predicted molar refractivity (Wildman–Crippen MR) is 115 cm³/mol. The van der Waals surface area contributed by atoms with Gasteiger partial charge in [-0.25, -0.2) is 9.78 Å². The van der Waals surface area contributed by atoms with E-state index < -0.39 is 17.4 Å². The van der Waals surface area contributed by atoms with Gasteiger partial charge >= 0.3 is 6.09 Å². The predicted octanol–water partition coefficient (Wildman–Crippen LogP) is 3.46. The van der Waals surface area contributed by atoms with Crippen LogP contribution in [0.2, 0.25) is 5.02 Å². The Hall–Kier alpha value is -2.65. The molecule has 1 aromatic carbocycles. The van der Waals surface area contributed by atoms with Crippen LogP contribution in [0.25, 0.3) is 0 Å². The third-order valence-electron chi connectivity index (χ3n) is 4.16. The van der Waals surface area contributed by atoms with Crippen LogP contribution in [0.15, 0.2) is 24.3 Å². The van der Waals surface area contributed by atoms with Gasteiger partial charge in [0.1, 0.15) is 5.60 Å². The average molecular weight is 451 g/mol. The Bertz CT molecular complexity index is 970. The number of hydrogen-bond donors (Lipinski definition) is 2. The van der Waals surface area contributed by atoms with Crippen LogP contribution >= 0.6 is 22.9 Å². The number of nitrogens with one attached hydrogen (secondary N) is 2. The van der Waals surface area contributed by atoms with E-state index in [4.69, 9.17) is 16.3 Å². The summed E-state index contributed by atoms with van der Waals surface area (Å²) in [7, 11) is 0. The highest BCUT2D eigenvalue weighted by atomic mass is 35.5. The van der Waals surface area contributed by atoms with Crippen molar-refractivity contribution in [2.24, 2.45) is 0 Å². The van der Waals surface area contributed by atoms with Crippen molar-refractivity contribution in [2.45, 2.75) is 39.3 Å². The highest BCUT2D eigenvalue weighted by Gasteiger charge is 2.28. The first-order valence-electron chi connectivity index (χ1n) is 9.41. The Kier molecular flexibility index (Phi) is 6.62. The van der Waals surface area contributed by atoms with Crippen LogP contribution in [0.3, 0.4) is 0 Å². The van der Waals surface area contributed by atoms with E-state index in [-0.39, 0.29) is 12.6 Å². The molecular weight excluding hydrogens is 428 g/mol. The van der Waals surface area contributed by atoms with Gasteiger partial charge in [-0.2, -0.15) is 0 Å². The second kappa shape index (κ2) is 9.01. The molecule has 0 fully saturated rings. The number of thiazole rings is 1. The molecule has 3 amide bonds. The lowest BCUT2D eigenvalue weighted by atomic mass is 10.2. The zero-order valence-electron chi connectivity index (χ0n) is 17.0. The lowest BCUT2D eigenvalue weighted by molar-refractivity contribution is -0.115. The molecule has 2 N–H and O–H groups in total. The molecule has 10 heteroatoms. The molecule has 0 bridgehead atoms. The summed E-state index contributed by atoms with van der Waals surface area (Å²) in [6.07, 6.45) is 0.221. The standard InChI is InChI=1S/C20H23ClN4O4S/c1-20(2,3)29-19(28)25-9-8-14-15(11-25)30-18(23-14)24-16(26)10-22-17(27)12-6-4-5-7-13(12)21/h4-7H,8-11H2,1-3H3,(H,22,27)(H,23,24,26). The number of rotatable bonds is 4. The van der Waals surface area contributed by atoms with Crippen LogP contribution in [0.1, 0.15) is 41.7 Å². The minimum Gasteiger partial charge on any atom is -0.444 e. The number of carbonyl (C=O) groups is 3. The van der Waals surface area contributed by atoms with Gasteiger partial charge in [0.15, 0.2) is 5.13 Å². The molecule has 1 aliphatic rings. The number of amides is 3. The number of carbonyl (C=O) groups excluding carboxylic acids is 3. The normalized spacial score (nSPS) is 13.4. The number of fused-ring (bicyclic) bond motifs is 1. The molecule has 30 heavy (non-hydrogen) atoms. The van der Waals surface area contributed by atoms with E-state index in [9.17, 15) is 14.4 Å². The number of ether oxygens (including phenoxy) is 1. The van der Waals surface area contributed by atoms with Gasteiger partial charge < -0.3 is 20.3 Å². The van der Waals surface area contributed by atoms with Gasteiger partial charge in [-0.3, -0.25) is 9.59 Å². The number of aromatic nitrogens is 1. The zero-order valence-corrected chi connectivity index (χ0v) is 18.5. The number of nitrogens with zero attached hydrogens (tertiary/aromatic N) is 2. The van der Waals surface area contributed by atoms with Gasteiger partial charge in [0.25, 0.3) is 5.91 Å². The van der Waals surface area contributed by atoms with Gasteiger partial charge in [-0.1, -0.05) is 35.1 Å². The zero-order chi connectivity index (χ0) is 21.9. The largest absolute Gasteiger partial charge is 0.444 e. The molecule has 0 spiro atoms. The third kappa shape index (κ3) is 5.70. The highest BCUT2D eigenvalue weighted by molar-refractivity contribution is 7.15. The number of hydrogen-bond acceptors (Lipinski definition) is 6. The van der Waals surface area contributed by atoms with Crippen molar-refractivity contribution in [3.63, 3.8) is 0 Å². The molecular formula is C20H23ClN4O4S. The fourth-order valence-electron chi connectivity index (χ4n) is 2.80. The summed E-state index contributed by atoms with van der Waals surface area (Å²) >= 11 is 7.29. The monoisotopic (exact) mass is 450 g/mol. The number of halogens is 1. The molecule has 0 aliphatic carbocycles. The SMILES string of the molecule is CC(C)(C)OC(=O)N1CCc2nc(NC(=O)CNC(=O)c3ccccc3Cl)sc2C1. The number of anilines is 1. The minimum atomic E-state index is -0.557. The molecule has 160 valence electrons. The van der Waals surface area contributed by atoms with Gasteiger partial charge in [0.2, 0.25) is 5.91 Å². The molecule has 8 nitrogen and oxygen atoms in total. The van der Waals surface area contributed by atoms with Crippen LogP contribution in [-0.4, -0.2) is 46.5 Å². The second-order valence-corrected chi connectivity index (χ2v) is 9.24. The quantitative estimate of drug-likeness (QED) is 0.742. The van der Waals surface area contributed by atoms with Crippen molar-refractivity contribution in [3.05, 3.63) is 45.4 Å². The lowest BCUT2D eigenvalue weighted by Gasteiger charge is -2.29. The van der Waals surface area contributed by atoms with Gasteiger partial charge in [0.05, 0.1) is 29.4 Å². The first kappa shape index (κ1) is 22.0. The Morgan fingerprint density at radius 1 is 1.27 bits per heavy atom. The molecule has 0 radical (unpaired) electrons. The first-order chi connectivity index (χ1) is 14.1. The van der Waals surface area contributed by atoms with Crippen molar-refractivity contribution in [1.82, 2.24) is 15.2 Å². The lowest BCUT2D eigenvalue weighted by Crippen LogP contribution is -2.39. The molecule has 1 aromatic heterocycles.